The lowest BCUT2D eigenvalue weighted by Crippen LogP contribution is -2.09. The van der Waals surface area contributed by atoms with Gasteiger partial charge in [-0.3, -0.25) is 0 Å². The van der Waals surface area contributed by atoms with Gasteiger partial charge in [-0.05, 0) is 59.7 Å². The second kappa shape index (κ2) is 9.01. The lowest BCUT2D eigenvalue weighted by molar-refractivity contribution is 1.28. The van der Waals surface area contributed by atoms with Crippen LogP contribution >= 0.6 is 11.3 Å². The molecule has 162 valence electrons. The Morgan fingerprint density at radius 1 is 0.500 bits per heavy atom. The van der Waals surface area contributed by atoms with Crippen molar-refractivity contribution in [2.75, 3.05) is 4.90 Å². The summed E-state index contributed by atoms with van der Waals surface area (Å²) >= 11 is 1.73. The molecule has 5 aromatic carbocycles. The molecule has 1 nitrogen and oxygen atoms in total. The third-order valence-electron chi connectivity index (χ3n) is 5.88. The Morgan fingerprint density at radius 3 is 1.74 bits per heavy atom. The van der Waals surface area contributed by atoms with Gasteiger partial charge in [0.25, 0.3) is 0 Å². The van der Waals surface area contributed by atoms with E-state index in [9.17, 15) is 0 Å². The molecule has 1 aromatic heterocycles. The number of nitrogens with zero attached hydrogens (tertiary/aromatic N) is 1. The highest BCUT2D eigenvalue weighted by Gasteiger charge is 2.11. The quantitative estimate of drug-likeness (QED) is 0.234. The summed E-state index contributed by atoms with van der Waals surface area (Å²) in [4.78, 5) is 2.19. The molecule has 1 heterocycles. The van der Waals surface area contributed by atoms with Crippen LogP contribution in [0, 0.1) is 0 Å². The van der Waals surface area contributed by atoms with Crippen LogP contribution < -0.4 is 4.90 Å². The third-order valence-corrected chi connectivity index (χ3v) is 7.02. The largest absolute Gasteiger partial charge is 0.311 e. The highest BCUT2D eigenvalue weighted by Crippen LogP contribution is 2.35. The van der Waals surface area contributed by atoms with Crippen LogP contribution in [0.3, 0.4) is 0 Å². The average molecular weight is 456 g/mol. The van der Waals surface area contributed by atoms with Gasteiger partial charge in [0.15, 0.2) is 0 Å². The monoisotopic (exact) mass is 455 g/mol. The summed E-state index contributed by atoms with van der Waals surface area (Å²) in [5.41, 5.74) is 4.62. The topological polar surface area (TPSA) is 3.24 Å². The number of rotatable bonds is 5. The van der Waals surface area contributed by atoms with Gasteiger partial charge in [-0.1, -0.05) is 91.0 Å². The molecule has 0 N–H and O–H groups in total. The van der Waals surface area contributed by atoms with Crippen LogP contribution in [0.4, 0.5) is 17.1 Å². The highest BCUT2D eigenvalue weighted by atomic mass is 32.1. The molecule has 6 aromatic rings. The SMILES string of the molecule is [2H]/C(=C(/[2H])c1ccc2c(c1)sc1ccccc12)c1ccc(N(c2ccccc2)c2ccccc2)cc1. The summed E-state index contributed by atoms with van der Waals surface area (Å²) < 4.78 is 19.9. The smallest absolute Gasteiger partial charge is 0.0629 e. The molecule has 6 rings (SSSR count). The van der Waals surface area contributed by atoms with Crippen molar-refractivity contribution < 1.29 is 2.74 Å². The maximum absolute atomic E-state index is 8.76. The van der Waals surface area contributed by atoms with Crippen molar-refractivity contribution in [1.82, 2.24) is 0 Å². The van der Waals surface area contributed by atoms with E-state index >= 15 is 0 Å². The summed E-state index contributed by atoms with van der Waals surface area (Å²) in [7, 11) is 0. The Hall–Kier alpha value is -4.14. The van der Waals surface area contributed by atoms with Gasteiger partial charge in [0.05, 0.1) is 2.74 Å². The third kappa shape index (κ3) is 4.00. The van der Waals surface area contributed by atoms with Gasteiger partial charge in [0.2, 0.25) is 0 Å². The Balaban J connectivity index is 1.36. The molecule has 0 bridgehead atoms. The van der Waals surface area contributed by atoms with E-state index in [1.54, 1.807) is 11.3 Å². The molecule has 0 saturated heterocycles. The number of benzene rings is 5. The molecule has 0 atom stereocenters. The van der Waals surface area contributed by atoms with Gasteiger partial charge in [-0.25, -0.2) is 0 Å². The maximum Gasteiger partial charge on any atom is 0.0629 e. The number of para-hydroxylation sites is 2. The summed E-state index contributed by atoms with van der Waals surface area (Å²) in [5, 5.41) is 2.44. The minimum Gasteiger partial charge on any atom is -0.311 e. The zero-order valence-electron chi connectivity index (χ0n) is 20.5. The van der Waals surface area contributed by atoms with Crippen molar-refractivity contribution in [2.24, 2.45) is 0 Å². The second-order valence-corrected chi connectivity index (χ2v) is 9.20. The van der Waals surface area contributed by atoms with Gasteiger partial charge in [0, 0.05) is 37.2 Å². The van der Waals surface area contributed by atoms with E-state index in [1.807, 2.05) is 72.8 Å². The number of hydrogen-bond donors (Lipinski definition) is 0. The number of anilines is 3. The standard InChI is InChI=1S/C32H23NS/c1-3-9-26(10-4-1)33(27-11-5-2-6-12-27)28-20-17-24(18-21-28)15-16-25-19-22-30-29-13-7-8-14-31(29)34-32(30)23-25/h1-23H/b16-15+/i15D,16D. The number of thiophene rings is 1. The predicted octanol–water partition coefficient (Wildman–Crippen LogP) is 9.69. The minimum atomic E-state index is 0.216. The molecule has 0 aliphatic rings. The molecule has 0 radical (unpaired) electrons. The van der Waals surface area contributed by atoms with E-state index in [-0.39, 0.29) is 12.1 Å². The van der Waals surface area contributed by atoms with Crippen LogP contribution in [0.1, 0.15) is 13.9 Å². The van der Waals surface area contributed by atoms with E-state index in [2.05, 4.69) is 59.5 Å². The van der Waals surface area contributed by atoms with Crippen molar-refractivity contribution in [1.29, 1.82) is 0 Å². The minimum absolute atomic E-state index is 0.216. The molecule has 0 fully saturated rings. The fourth-order valence-electron chi connectivity index (χ4n) is 4.24. The first-order chi connectivity index (χ1) is 17.7. The van der Waals surface area contributed by atoms with Crippen LogP contribution in [-0.4, -0.2) is 0 Å². The van der Waals surface area contributed by atoms with E-state index in [0.29, 0.717) is 0 Å². The molecule has 0 aliphatic heterocycles. The van der Waals surface area contributed by atoms with Gasteiger partial charge in [-0.15, -0.1) is 11.3 Å². The van der Waals surface area contributed by atoms with Crippen LogP contribution in [0.15, 0.2) is 127 Å². The van der Waals surface area contributed by atoms with Crippen molar-refractivity contribution in [3.8, 4) is 0 Å². The first-order valence-corrected chi connectivity index (χ1v) is 12.1. The molecule has 0 amide bonds. The predicted molar refractivity (Wildman–Crippen MR) is 149 cm³/mol. The number of fused-ring (bicyclic) bond motifs is 3. The van der Waals surface area contributed by atoms with Crippen LogP contribution in [0.25, 0.3) is 32.3 Å². The Labute approximate surface area is 206 Å². The zero-order chi connectivity index (χ0) is 24.5. The van der Waals surface area contributed by atoms with Gasteiger partial charge in [-0.2, -0.15) is 0 Å². The normalized spacial score (nSPS) is 12.8. The second-order valence-electron chi connectivity index (χ2n) is 8.11. The lowest BCUT2D eigenvalue weighted by Gasteiger charge is -2.25. The van der Waals surface area contributed by atoms with Gasteiger partial charge in [0.1, 0.15) is 0 Å². The van der Waals surface area contributed by atoms with E-state index in [1.165, 1.54) is 15.5 Å². The first-order valence-electron chi connectivity index (χ1n) is 12.3. The summed E-state index contributed by atoms with van der Waals surface area (Å²) in [5.74, 6) is 0. The molecule has 0 spiro atoms. The maximum atomic E-state index is 8.76. The van der Waals surface area contributed by atoms with Crippen molar-refractivity contribution in [3.63, 3.8) is 0 Å². The molecule has 0 aliphatic carbocycles. The fraction of sp³-hybridized carbons (Fsp3) is 0. The Kier molecular flexibility index (Phi) is 4.85. The molecule has 0 saturated carbocycles. The summed E-state index contributed by atoms with van der Waals surface area (Å²) in [6, 6.07) is 43.3. The Bertz CT molecular complexity index is 1650. The van der Waals surface area contributed by atoms with E-state index in [4.69, 9.17) is 2.74 Å². The Morgan fingerprint density at radius 2 is 1.03 bits per heavy atom. The highest BCUT2D eigenvalue weighted by molar-refractivity contribution is 7.25. The van der Waals surface area contributed by atoms with Crippen LogP contribution in [-0.2, 0) is 0 Å². The molecule has 34 heavy (non-hydrogen) atoms. The zero-order valence-corrected chi connectivity index (χ0v) is 19.3. The van der Waals surface area contributed by atoms with Gasteiger partial charge >= 0.3 is 0 Å². The van der Waals surface area contributed by atoms with Crippen molar-refractivity contribution in [2.45, 2.75) is 0 Å². The lowest BCUT2D eigenvalue weighted by atomic mass is 10.1. The van der Waals surface area contributed by atoms with Crippen molar-refractivity contribution in [3.05, 3.63) is 139 Å². The van der Waals surface area contributed by atoms with E-state index in [0.717, 1.165) is 32.9 Å². The first kappa shape index (κ1) is 18.3. The molecular weight excluding hydrogens is 430 g/mol. The van der Waals surface area contributed by atoms with E-state index < -0.39 is 0 Å². The summed E-state index contributed by atoms with van der Waals surface area (Å²) in [6.45, 7) is 0. The van der Waals surface area contributed by atoms with Crippen LogP contribution in [0.2, 0.25) is 0 Å². The fourth-order valence-corrected chi connectivity index (χ4v) is 5.39. The average Bonchev–Trinajstić information content (AvgIpc) is 3.32. The summed E-state index contributed by atoms with van der Waals surface area (Å²) in [6.07, 6.45) is 0. The van der Waals surface area contributed by atoms with Crippen LogP contribution in [0.5, 0.6) is 0 Å². The van der Waals surface area contributed by atoms with Gasteiger partial charge < -0.3 is 4.90 Å². The molecule has 2 heteroatoms. The molecule has 0 unspecified atom stereocenters. The molecular formula is C32H23NS. The van der Waals surface area contributed by atoms with Crippen molar-refractivity contribution >= 4 is 60.7 Å². The number of hydrogen-bond acceptors (Lipinski definition) is 2.